The van der Waals surface area contributed by atoms with Crippen LogP contribution < -0.4 is 10.1 Å². The molecule has 192 valence electrons. The number of aryl methyl sites for hydroxylation is 2. The molecule has 4 aromatic rings. The second-order valence-electron chi connectivity index (χ2n) is 10.2. The van der Waals surface area contributed by atoms with Gasteiger partial charge in [0.2, 0.25) is 5.91 Å². The van der Waals surface area contributed by atoms with E-state index in [1.807, 2.05) is 73.0 Å². The summed E-state index contributed by atoms with van der Waals surface area (Å²) >= 11 is 1.35. The van der Waals surface area contributed by atoms with E-state index in [4.69, 9.17) is 4.74 Å². The highest BCUT2D eigenvalue weighted by molar-refractivity contribution is 7.99. The summed E-state index contributed by atoms with van der Waals surface area (Å²) in [7, 11) is 0. The quantitative estimate of drug-likeness (QED) is 0.262. The molecule has 0 saturated carbocycles. The van der Waals surface area contributed by atoms with Crippen LogP contribution in [0.5, 0.6) is 5.75 Å². The number of carbonyl (C=O) groups is 1. The van der Waals surface area contributed by atoms with Crippen LogP contribution in [0.4, 0.5) is 5.69 Å². The molecular weight excluding hydrogens is 480 g/mol. The van der Waals surface area contributed by atoms with Gasteiger partial charge in [-0.2, -0.15) is 0 Å². The van der Waals surface area contributed by atoms with Gasteiger partial charge in [0.25, 0.3) is 0 Å². The number of hydrogen-bond acceptors (Lipinski definition) is 5. The van der Waals surface area contributed by atoms with Gasteiger partial charge in [-0.1, -0.05) is 74.5 Å². The van der Waals surface area contributed by atoms with Crippen LogP contribution in [0.1, 0.15) is 48.8 Å². The molecule has 7 heteroatoms. The first-order valence-corrected chi connectivity index (χ1v) is 13.3. The van der Waals surface area contributed by atoms with Gasteiger partial charge in [0.15, 0.2) is 11.0 Å². The molecule has 0 radical (unpaired) electrons. The molecule has 6 nitrogen and oxygen atoms in total. The van der Waals surface area contributed by atoms with E-state index in [0.29, 0.717) is 11.0 Å². The molecule has 0 saturated heterocycles. The van der Waals surface area contributed by atoms with Gasteiger partial charge < -0.3 is 10.1 Å². The Morgan fingerprint density at radius 1 is 0.946 bits per heavy atom. The smallest absolute Gasteiger partial charge is 0.234 e. The van der Waals surface area contributed by atoms with Crippen molar-refractivity contribution < 1.29 is 9.53 Å². The predicted octanol–water partition coefficient (Wildman–Crippen LogP) is 6.80. The van der Waals surface area contributed by atoms with Gasteiger partial charge >= 0.3 is 0 Å². The van der Waals surface area contributed by atoms with Crippen molar-refractivity contribution in [2.24, 2.45) is 0 Å². The fourth-order valence-electron chi connectivity index (χ4n) is 3.84. The lowest BCUT2D eigenvalue weighted by molar-refractivity contribution is -0.113. The fourth-order valence-corrected chi connectivity index (χ4v) is 4.61. The van der Waals surface area contributed by atoms with Crippen LogP contribution in [0.2, 0.25) is 0 Å². The van der Waals surface area contributed by atoms with E-state index in [1.165, 1.54) is 17.3 Å². The molecule has 0 aliphatic carbocycles. The molecule has 0 aliphatic rings. The number of aromatic nitrogens is 3. The maximum atomic E-state index is 12.7. The molecule has 1 amide bonds. The third-order valence-electron chi connectivity index (χ3n) is 6.29. The monoisotopic (exact) mass is 514 g/mol. The fraction of sp³-hybridized carbons (Fsp3) is 0.300. The molecule has 0 spiro atoms. The molecule has 0 unspecified atom stereocenters. The average molecular weight is 515 g/mol. The van der Waals surface area contributed by atoms with Gasteiger partial charge in [0.1, 0.15) is 12.4 Å². The molecule has 0 fully saturated rings. The van der Waals surface area contributed by atoms with Crippen molar-refractivity contribution in [1.29, 1.82) is 0 Å². The van der Waals surface area contributed by atoms with Gasteiger partial charge in [-0.25, -0.2) is 0 Å². The standard InChI is InChI=1S/C30H34N4O2S/c1-20-10-14-24(15-11-20)34-27(18-36-25-16-12-23(13-17-25)30(4,5)6)32-33-29(34)37-19-28(35)31-26-9-7-8-21(2)22(26)3/h7-17H,18-19H2,1-6H3,(H,31,35). The number of thioether (sulfide) groups is 1. The molecule has 1 heterocycles. The summed E-state index contributed by atoms with van der Waals surface area (Å²) in [6, 6.07) is 22.2. The highest BCUT2D eigenvalue weighted by Gasteiger charge is 2.18. The molecule has 0 aliphatic heterocycles. The summed E-state index contributed by atoms with van der Waals surface area (Å²) in [5.41, 5.74) is 6.46. The third-order valence-corrected chi connectivity index (χ3v) is 7.22. The van der Waals surface area contributed by atoms with Crippen LogP contribution >= 0.6 is 11.8 Å². The first-order valence-electron chi connectivity index (χ1n) is 12.4. The van der Waals surface area contributed by atoms with Gasteiger partial charge in [-0.15, -0.1) is 10.2 Å². The van der Waals surface area contributed by atoms with Crippen LogP contribution in [0, 0.1) is 20.8 Å². The maximum absolute atomic E-state index is 12.7. The average Bonchev–Trinajstić information content (AvgIpc) is 3.27. The number of benzene rings is 3. The summed E-state index contributed by atoms with van der Waals surface area (Å²) in [6.07, 6.45) is 0. The highest BCUT2D eigenvalue weighted by Crippen LogP contribution is 2.27. The minimum atomic E-state index is -0.0890. The van der Waals surface area contributed by atoms with Crippen molar-refractivity contribution in [3.8, 4) is 11.4 Å². The zero-order valence-electron chi connectivity index (χ0n) is 22.3. The lowest BCUT2D eigenvalue weighted by atomic mass is 9.87. The van der Waals surface area contributed by atoms with Crippen LogP contribution in [0.3, 0.4) is 0 Å². The Morgan fingerprint density at radius 3 is 2.32 bits per heavy atom. The lowest BCUT2D eigenvalue weighted by Gasteiger charge is -2.19. The minimum absolute atomic E-state index is 0.0839. The predicted molar refractivity (Wildman–Crippen MR) is 151 cm³/mol. The largest absolute Gasteiger partial charge is 0.486 e. The molecule has 0 atom stereocenters. The van der Waals surface area contributed by atoms with Crippen molar-refractivity contribution in [2.45, 2.75) is 58.7 Å². The van der Waals surface area contributed by atoms with E-state index in [0.717, 1.165) is 33.8 Å². The number of carbonyl (C=O) groups excluding carboxylic acids is 1. The van der Waals surface area contributed by atoms with Gasteiger partial charge in [0.05, 0.1) is 5.75 Å². The van der Waals surface area contributed by atoms with Crippen LogP contribution in [-0.2, 0) is 16.8 Å². The van der Waals surface area contributed by atoms with Gasteiger partial charge in [0, 0.05) is 11.4 Å². The number of nitrogens with one attached hydrogen (secondary N) is 1. The molecule has 0 bridgehead atoms. The van der Waals surface area contributed by atoms with Gasteiger partial charge in [-0.05, 0) is 73.2 Å². The summed E-state index contributed by atoms with van der Waals surface area (Å²) in [6.45, 7) is 12.9. The van der Waals surface area contributed by atoms with E-state index in [-0.39, 0.29) is 23.7 Å². The zero-order chi connectivity index (χ0) is 26.6. The maximum Gasteiger partial charge on any atom is 0.234 e. The topological polar surface area (TPSA) is 69.0 Å². The van der Waals surface area contributed by atoms with Crippen molar-refractivity contribution in [3.63, 3.8) is 0 Å². The summed E-state index contributed by atoms with van der Waals surface area (Å²) in [5.74, 6) is 1.57. The first kappa shape index (κ1) is 26.5. The molecular formula is C30H34N4O2S. The van der Waals surface area contributed by atoms with E-state index in [1.54, 1.807) is 0 Å². The summed E-state index contributed by atoms with van der Waals surface area (Å²) in [5, 5.41) is 12.5. The Balaban J connectivity index is 1.50. The summed E-state index contributed by atoms with van der Waals surface area (Å²) in [4.78, 5) is 12.7. The van der Waals surface area contributed by atoms with Crippen molar-refractivity contribution in [2.75, 3.05) is 11.1 Å². The molecule has 3 aromatic carbocycles. The normalized spacial score (nSPS) is 11.4. The number of nitrogens with zero attached hydrogens (tertiary/aromatic N) is 3. The second kappa shape index (κ2) is 11.2. The first-order chi connectivity index (χ1) is 17.6. The number of hydrogen-bond donors (Lipinski definition) is 1. The van der Waals surface area contributed by atoms with Crippen molar-refractivity contribution >= 4 is 23.4 Å². The highest BCUT2D eigenvalue weighted by atomic mass is 32.2. The van der Waals surface area contributed by atoms with E-state index >= 15 is 0 Å². The number of anilines is 1. The van der Waals surface area contributed by atoms with Crippen LogP contribution in [0.15, 0.2) is 71.9 Å². The molecule has 1 aromatic heterocycles. The SMILES string of the molecule is Cc1ccc(-n2c(COc3ccc(C(C)(C)C)cc3)nnc2SCC(=O)Nc2cccc(C)c2C)cc1. The Labute approximate surface area is 223 Å². The van der Waals surface area contributed by atoms with E-state index in [2.05, 4.69) is 55.3 Å². The molecule has 1 N–H and O–H groups in total. The number of amides is 1. The van der Waals surface area contributed by atoms with Crippen LogP contribution in [-0.4, -0.2) is 26.4 Å². The van der Waals surface area contributed by atoms with Crippen molar-refractivity contribution in [1.82, 2.24) is 14.8 Å². The van der Waals surface area contributed by atoms with Crippen molar-refractivity contribution in [3.05, 3.63) is 94.8 Å². The molecule has 37 heavy (non-hydrogen) atoms. The summed E-state index contributed by atoms with van der Waals surface area (Å²) < 4.78 is 8.03. The van der Waals surface area contributed by atoms with Crippen LogP contribution in [0.25, 0.3) is 5.69 Å². The Bertz CT molecular complexity index is 1370. The lowest BCUT2D eigenvalue weighted by Crippen LogP contribution is -2.15. The Hall–Kier alpha value is -3.58. The van der Waals surface area contributed by atoms with E-state index in [9.17, 15) is 4.79 Å². The minimum Gasteiger partial charge on any atom is -0.486 e. The number of rotatable bonds is 8. The molecule has 4 rings (SSSR count). The van der Waals surface area contributed by atoms with E-state index < -0.39 is 0 Å². The second-order valence-corrected chi connectivity index (χ2v) is 11.2. The van der Waals surface area contributed by atoms with Gasteiger partial charge in [-0.3, -0.25) is 9.36 Å². The zero-order valence-corrected chi connectivity index (χ0v) is 23.1. The third kappa shape index (κ3) is 6.60. The Morgan fingerprint density at radius 2 is 1.65 bits per heavy atom. The Kier molecular flexibility index (Phi) is 8.03. The number of ether oxygens (including phenoxy) is 1.